The van der Waals surface area contributed by atoms with Gasteiger partial charge in [-0.2, -0.15) is 0 Å². The highest BCUT2D eigenvalue weighted by Crippen LogP contribution is 2.40. The molecule has 0 saturated heterocycles. The van der Waals surface area contributed by atoms with E-state index in [-0.39, 0.29) is 24.5 Å². The summed E-state index contributed by atoms with van der Waals surface area (Å²) in [7, 11) is 0. The van der Waals surface area contributed by atoms with Crippen molar-refractivity contribution in [3.8, 4) is 5.75 Å². The molecule has 0 bridgehead atoms. The lowest BCUT2D eigenvalue weighted by atomic mass is 9.97. The van der Waals surface area contributed by atoms with Gasteiger partial charge >= 0.3 is 11.6 Å². The van der Waals surface area contributed by atoms with Gasteiger partial charge < -0.3 is 19.2 Å². The number of nitrogens with one attached hydrogen (secondary N) is 1. The van der Waals surface area contributed by atoms with Gasteiger partial charge in [-0.1, -0.05) is 19.1 Å². The molecule has 30 heavy (non-hydrogen) atoms. The third kappa shape index (κ3) is 3.66. The summed E-state index contributed by atoms with van der Waals surface area (Å²) < 4.78 is 16.6. The summed E-state index contributed by atoms with van der Waals surface area (Å²) in [5, 5.41) is 3.26. The Morgan fingerprint density at radius 1 is 1.13 bits per heavy atom. The lowest BCUT2D eigenvalue weighted by Gasteiger charge is -2.11. The first-order valence-electron chi connectivity index (χ1n) is 9.64. The highest BCUT2D eigenvalue weighted by molar-refractivity contribution is 5.94. The number of carbonyl (C=O) groups excluding carboxylic acids is 2. The first kappa shape index (κ1) is 19.7. The van der Waals surface area contributed by atoms with Crippen LogP contribution in [0.15, 0.2) is 51.7 Å². The Balaban J connectivity index is 1.59. The fraction of sp³-hybridized carbons (Fsp3) is 0.261. The summed E-state index contributed by atoms with van der Waals surface area (Å²) in [4.78, 5) is 35.9. The molecule has 1 aliphatic rings. The van der Waals surface area contributed by atoms with Crippen molar-refractivity contribution >= 4 is 28.5 Å². The Morgan fingerprint density at radius 3 is 2.70 bits per heavy atom. The molecule has 0 aliphatic carbocycles. The van der Waals surface area contributed by atoms with Crippen molar-refractivity contribution in [1.82, 2.24) is 0 Å². The van der Waals surface area contributed by atoms with Gasteiger partial charge in [0.2, 0.25) is 5.91 Å². The molecule has 7 nitrogen and oxygen atoms in total. The molecule has 1 aromatic heterocycles. The molecule has 3 aromatic rings. The maximum Gasteiger partial charge on any atom is 0.342 e. The second kappa shape index (κ2) is 7.67. The number of carbonyl (C=O) groups is 2. The van der Waals surface area contributed by atoms with E-state index in [2.05, 4.69) is 12.2 Å². The molecule has 7 heteroatoms. The van der Waals surface area contributed by atoms with Crippen molar-refractivity contribution in [3.05, 3.63) is 69.6 Å². The number of hydrogen-bond acceptors (Lipinski definition) is 6. The van der Waals surface area contributed by atoms with Crippen LogP contribution in [0.4, 0.5) is 5.69 Å². The van der Waals surface area contributed by atoms with Crippen molar-refractivity contribution in [2.24, 2.45) is 0 Å². The van der Waals surface area contributed by atoms with Crippen LogP contribution in [0.3, 0.4) is 0 Å². The average molecular weight is 407 g/mol. The summed E-state index contributed by atoms with van der Waals surface area (Å²) in [6.45, 7) is 5.30. The Kier molecular flexibility index (Phi) is 5.03. The lowest BCUT2D eigenvalue weighted by molar-refractivity contribution is -0.114. The molecule has 1 amide bonds. The molecular weight excluding hydrogens is 386 g/mol. The summed E-state index contributed by atoms with van der Waals surface area (Å²) in [5.74, 6) is -0.0134. The largest absolute Gasteiger partial charge is 0.489 e. The first-order valence-corrected chi connectivity index (χ1v) is 9.64. The zero-order valence-corrected chi connectivity index (χ0v) is 16.9. The Bertz CT molecular complexity index is 1210. The van der Waals surface area contributed by atoms with E-state index in [0.717, 1.165) is 5.56 Å². The maximum absolute atomic E-state index is 12.7. The lowest BCUT2D eigenvalue weighted by Crippen LogP contribution is -2.12. The predicted octanol–water partition coefficient (Wildman–Crippen LogP) is 3.99. The standard InChI is InChI=1S/C23H21NO6/c1-12-13(2)29-22-17(12)5-4-6-19(22)23(27)28-11-15-9-21(26)30-20-10-16(24-14(3)25)7-8-18(15)20/h4-10,12-13H,11H2,1-3H3,(H,24,25)/t12-,13-/m0/s1. The van der Waals surface area contributed by atoms with Gasteiger partial charge in [0.05, 0.1) is 0 Å². The van der Waals surface area contributed by atoms with Gasteiger partial charge in [-0.3, -0.25) is 4.79 Å². The summed E-state index contributed by atoms with van der Waals surface area (Å²) >= 11 is 0. The van der Waals surface area contributed by atoms with Crippen LogP contribution in [0.25, 0.3) is 11.0 Å². The first-order chi connectivity index (χ1) is 14.3. The number of benzene rings is 2. The molecule has 154 valence electrons. The molecule has 2 aromatic carbocycles. The molecule has 0 spiro atoms. The van der Waals surface area contributed by atoms with Crippen LogP contribution < -0.4 is 15.7 Å². The number of rotatable bonds is 4. The molecule has 1 aliphatic heterocycles. The van der Waals surface area contributed by atoms with Crippen molar-refractivity contribution in [1.29, 1.82) is 0 Å². The van der Waals surface area contributed by atoms with Gasteiger partial charge in [0.25, 0.3) is 0 Å². The van der Waals surface area contributed by atoms with Crippen LogP contribution in [-0.2, 0) is 16.1 Å². The number of anilines is 1. The van der Waals surface area contributed by atoms with Crippen molar-refractivity contribution in [3.63, 3.8) is 0 Å². The summed E-state index contributed by atoms with van der Waals surface area (Å²) in [6, 6.07) is 11.7. The zero-order chi connectivity index (χ0) is 21.4. The zero-order valence-electron chi connectivity index (χ0n) is 16.9. The Labute approximate surface area is 172 Å². The van der Waals surface area contributed by atoms with Crippen LogP contribution >= 0.6 is 0 Å². The molecule has 0 saturated carbocycles. The normalized spacial score (nSPS) is 17.3. The van der Waals surface area contributed by atoms with Crippen LogP contribution in [0.5, 0.6) is 5.75 Å². The van der Waals surface area contributed by atoms with Gasteiger partial charge in [0.1, 0.15) is 29.6 Å². The van der Waals surface area contributed by atoms with Crippen molar-refractivity contribution < 1.29 is 23.5 Å². The van der Waals surface area contributed by atoms with Crippen molar-refractivity contribution in [2.45, 2.75) is 39.4 Å². The van der Waals surface area contributed by atoms with Crippen LogP contribution in [0.2, 0.25) is 0 Å². The molecule has 0 fully saturated rings. The van der Waals surface area contributed by atoms with Crippen LogP contribution in [-0.4, -0.2) is 18.0 Å². The molecule has 4 rings (SSSR count). The number of ether oxygens (including phenoxy) is 2. The number of amides is 1. The summed E-state index contributed by atoms with van der Waals surface area (Å²) in [6.07, 6.45) is -0.0190. The van der Waals surface area contributed by atoms with E-state index in [1.165, 1.54) is 13.0 Å². The Hall–Kier alpha value is -3.61. The van der Waals surface area contributed by atoms with E-state index in [1.807, 2.05) is 19.1 Å². The van der Waals surface area contributed by atoms with Gasteiger partial charge in [-0.25, -0.2) is 9.59 Å². The van der Waals surface area contributed by atoms with Gasteiger partial charge in [0.15, 0.2) is 0 Å². The number of hydrogen-bond donors (Lipinski definition) is 1. The fourth-order valence-corrected chi connectivity index (χ4v) is 3.60. The quantitative estimate of drug-likeness (QED) is 0.519. The summed E-state index contributed by atoms with van der Waals surface area (Å²) in [5.41, 5.74) is 2.09. The van der Waals surface area contributed by atoms with E-state index in [0.29, 0.717) is 33.5 Å². The number of para-hydroxylation sites is 1. The smallest absolute Gasteiger partial charge is 0.342 e. The molecule has 0 unspecified atom stereocenters. The second-order valence-electron chi connectivity index (χ2n) is 7.39. The molecule has 2 heterocycles. The third-order valence-electron chi connectivity index (χ3n) is 5.27. The van der Waals surface area contributed by atoms with Crippen molar-refractivity contribution in [2.75, 3.05) is 5.32 Å². The maximum atomic E-state index is 12.7. The van der Waals surface area contributed by atoms with Gasteiger partial charge in [0, 0.05) is 47.2 Å². The van der Waals surface area contributed by atoms with Gasteiger partial charge in [-0.05, 0) is 25.1 Å². The SMILES string of the molecule is CC(=O)Nc1ccc2c(COC(=O)c3cccc4c3O[C@@H](C)[C@@H]4C)cc(=O)oc2c1. The monoisotopic (exact) mass is 407 g/mol. The van der Waals surface area contributed by atoms with E-state index < -0.39 is 11.6 Å². The minimum atomic E-state index is -0.569. The average Bonchev–Trinajstić information content (AvgIpc) is 2.99. The fourth-order valence-electron chi connectivity index (χ4n) is 3.60. The second-order valence-corrected chi connectivity index (χ2v) is 7.39. The molecule has 0 radical (unpaired) electrons. The van der Waals surface area contributed by atoms with Crippen LogP contribution in [0.1, 0.15) is 48.2 Å². The third-order valence-corrected chi connectivity index (χ3v) is 5.27. The molecular formula is C23H21NO6. The van der Waals surface area contributed by atoms with E-state index in [1.54, 1.807) is 24.3 Å². The minimum Gasteiger partial charge on any atom is -0.489 e. The van der Waals surface area contributed by atoms with Gasteiger partial charge in [-0.15, -0.1) is 0 Å². The minimum absolute atomic E-state index is 0.0190. The van der Waals surface area contributed by atoms with Crippen LogP contribution in [0, 0.1) is 0 Å². The predicted molar refractivity (Wildman–Crippen MR) is 111 cm³/mol. The molecule has 1 N–H and O–H groups in total. The van der Waals surface area contributed by atoms with E-state index in [9.17, 15) is 14.4 Å². The van der Waals surface area contributed by atoms with E-state index in [4.69, 9.17) is 13.9 Å². The number of esters is 1. The topological polar surface area (TPSA) is 94.8 Å². The molecule has 2 atom stereocenters. The highest BCUT2D eigenvalue weighted by atomic mass is 16.5. The number of fused-ring (bicyclic) bond motifs is 2. The highest BCUT2D eigenvalue weighted by Gasteiger charge is 2.31. The van der Waals surface area contributed by atoms with E-state index >= 15 is 0 Å². The Morgan fingerprint density at radius 2 is 1.93 bits per heavy atom.